The molecule has 2 N–H and O–H groups in total. The summed E-state index contributed by atoms with van der Waals surface area (Å²) in [6.45, 7) is 2.64. The van der Waals surface area contributed by atoms with Gasteiger partial charge in [-0.15, -0.1) is 0 Å². The second kappa shape index (κ2) is 8.18. The van der Waals surface area contributed by atoms with Gasteiger partial charge in [-0.25, -0.2) is 8.42 Å². The SMILES string of the molecule is Cc1ccc(/C=C/C(=O)Nc2cccc(S(=O)(=O)NC3=NCCC3)c2)cc1. The summed E-state index contributed by atoms with van der Waals surface area (Å²) in [5.41, 5.74) is 2.46. The van der Waals surface area contributed by atoms with E-state index in [9.17, 15) is 13.2 Å². The van der Waals surface area contributed by atoms with E-state index in [0.29, 0.717) is 24.5 Å². The van der Waals surface area contributed by atoms with Gasteiger partial charge in [0.1, 0.15) is 5.84 Å². The van der Waals surface area contributed by atoms with Crippen molar-refractivity contribution < 1.29 is 13.2 Å². The summed E-state index contributed by atoms with van der Waals surface area (Å²) >= 11 is 0. The number of aliphatic imine (C=N–C) groups is 1. The van der Waals surface area contributed by atoms with Crippen LogP contribution < -0.4 is 10.0 Å². The maximum atomic E-state index is 12.4. The molecule has 0 saturated carbocycles. The number of sulfonamides is 1. The van der Waals surface area contributed by atoms with Crippen LogP contribution in [-0.4, -0.2) is 26.7 Å². The molecule has 1 amide bonds. The van der Waals surface area contributed by atoms with Gasteiger partial charge in [0.2, 0.25) is 5.91 Å². The van der Waals surface area contributed by atoms with E-state index in [2.05, 4.69) is 15.0 Å². The lowest BCUT2D eigenvalue weighted by Gasteiger charge is -2.09. The first kappa shape index (κ1) is 18.8. The number of amides is 1. The number of aryl methyl sites for hydroxylation is 1. The number of nitrogens with one attached hydrogen (secondary N) is 2. The number of hydrogen-bond donors (Lipinski definition) is 2. The molecule has 3 rings (SSSR count). The molecule has 1 aliphatic rings. The number of rotatable bonds is 5. The van der Waals surface area contributed by atoms with Crippen LogP contribution in [0.4, 0.5) is 5.69 Å². The molecule has 2 aromatic rings. The minimum atomic E-state index is -3.71. The molecular formula is C20H21N3O3S. The predicted octanol–water partition coefficient (Wildman–Crippen LogP) is 3.12. The van der Waals surface area contributed by atoms with E-state index in [1.54, 1.807) is 18.2 Å². The highest BCUT2D eigenvalue weighted by atomic mass is 32.2. The van der Waals surface area contributed by atoms with E-state index in [1.807, 2.05) is 31.2 Å². The summed E-state index contributed by atoms with van der Waals surface area (Å²) in [5.74, 6) is 0.142. The molecule has 2 aromatic carbocycles. The van der Waals surface area contributed by atoms with Crippen LogP contribution in [-0.2, 0) is 14.8 Å². The predicted molar refractivity (Wildman–Crippen MR) is 107 cm³/mol. The molecule has 140 valence electrons. The molecule has 1 heterocycles. The minimum absolute atomic E-state index is 0.0809. The van der Waals surface area contributed by atoms with E-state index in [1.165, 1.54) is 18.2 Å². The molecule has 0 spiro atoms. The Balaban J connectivity index is 1.68. The molecule has 0 atom stereocenters. The van der Waals surface area contributed by atoms with Gasteiger partial charge >= 0.3 is 0 Å². The molecule has 0 aliphatic carbocycles. The Morgan fingerprint density at radius 3 is 2.63 bits per heavy atom. The largest absolute Gasteiger partial charge is 0.322 e. The van der Waals surface area contributed by atoms with Crippen molar-refractivity contribution in [3.63, 3.8) is 0 Å². The summed E-state index contributed by atoms with van der Waals surface area (Å²) < 4.78 is 27.4. The summed E-state index contributed by atoms with van der Waals surface area (Å²) in [6.07, 6.45) is 4.59. The Morgan fingerprint density at radius 2 is 1.93 bits per heavy atom. The van der Waals surface area contributed by atoms with Gasteiger partial charge in [0.25, 0.3) is 10.0 Å². The molecule has 0 radical (unpaired) electrons. The monoisotopic (exact) mass is 383 g/mol. The van der Waals surface area contributed by atoms with Crippen LogP contribution in [0.1, 0.15) is 24.0 Å². The lowest BCUT2D eigenvalue weighted by molar-refractivity contribution is -0.111. The summed E-state index contributed by atoms with van der Waals surface area (Å²) in [4.78, 5) is 16.3. The summed E-state index contributed by atoms with van der Waals surface area (Å²) in [5, 5.41) is 2.68. The smallest absolute Gasteiger partial charge is 0.262 e. The Labute approximate surface area is 159 Å². The summed E-state index contributed by atoms with van der Waals surface area (Å²) in [7, 11) is -3.71. The fourth-order valence-corrected chi connectivity index (χ4v) is 3.75. The lowest BCUT2D eigenvalue weighted by atomic mass is 10.1. The van der Waals surface area contributed by atoms with E-state index in [4.69, 9.17) is 0 Å². The van der Waals surface area contributed by atoms with Crippen LogP contribution in [0.15, 0.2) is 64.5 Å². The van der Waals surface area contributed by atoms with Crippen molar-refractivity contribution in [1.82, 2.24) is 4.72 Å². The molecule has 0 fully saturated rings. The van der Waals surface area contributed by atoms with Crippen LogP contribution in [0, 0.1) is 6.92 Å². The molecule has 0 unspecified atom stereocenters. The summed E-state index contributed by atoms with van der Waals surface area (Å²) in [6, 6.07) is 13.9. The maximum absolute atomic E-state index is 12.4. The van der Waals surface area contributed by atoms with E-state index in [-0.39, 0.29) is 10.8 Å². The quantitative estimate of drug-likeness (QED) is 0.778. The van der Waals surface area contributed by atoms with Crippen LogP contribution in [0.2, 0.25) is 0 Å². The van der Waals surface area contributed by atoms with Gasteiger partial charge in [-0.3, -0.25) is 14.5 Å². The fourth-order valence-electron chi connectivity index (χ4n) is 2.61. The van der Waals surface area contributed by atoms with Crippen LogP contribution in [0.5, 0.6) is 0 Å². The van der Waals surface area contributed by atoms with Crippen LogP contribution >= 0.6 is 0 Å². The van der Waals surface area contributed by atoms with Gasteiger partial charge in [0.15, 0.2) is 0 Å². The van der Waals surface area contributed by atoms with Crippen LogP contribution in [0.25, 0.3) is 6.08 Å². The molecule has 1 aliphatic heterocycles. The van der Waals surface area contributed by atoms with Gasteiger partial charge in [-0.05, 0) is 43.2 Å². The van der Waals surface area contributed by atoms with E-state index in [0.717, 1.165) is 17.5 Å². The van der Waals surface area contributed by atoms with Crippen molar-refractivity contribution in [3.8, 4) is 0 Å². The first-order valence-corrected chi connectivity index (χ1v) is 10.1. The van der Waals surface area contributed by atoms with Crippen LogP contribution in [0.3, 0.4) is 0 Å². The van der Waals surface area contributed by atoms with Crippen molar-refractivity contribution in [3.05, 3.63) is 65.7 Å². The molecule has 0 bridgehead atoms. The Bertz CT molecular complexity index is 993. The average Bonchev–Trinajstić information content (AvgIpc) is 3.14. The topological polar surface area (TPSA) is 87.6 Å². The lowest BCUT2D eigenvalue weighted by Crippen LogP contribution is -2.29. The standard InChI is InChI=1S/C20H21N3O3S/c1-15-7-9-16(10-8-15)11-12-20(24)22-17-4-2-5-18(14-17)27(25,26)23-19-6-3-13-21-19/h2,4-5,7-12,14H,3,6,13H2,1H3,(H,21,23)(H,22,24)/b12-11+. The average molecular weight is 383 g/mol. The zero-order valence-electron chi connectivity index (χ0n) is 15.0. The van der Waals surface area contributed by atoms with Crippen molar-refractivity contribution in [1.29, 1.82) is 0 Å². The van der Waals surface area contributed by atoms with Crippen molar-refractivity contribution in [2.75, 3.05) is 11.9 Å². The molecule has 27 heavy (non-hydrogen) atoms. The first-order valence-electron chi connectivity index (χ1n) is 8.64. The second-order valence-electron chi connectivity index (χ2n) is 6.30. The molecule has 6 nitrogen and oxygen atoms in total. The van der Waals surface area contributed by atoms with E-state index >= 15 is 0 Å². The highest BCUT2D eigenvalue weighted by Crippen LogP contribution is 2.16. The van der Waals surface area contributed by atoms with E-state index < -0.39 is 10.0 Å². The minimum Gasteiger partial charge on any atom is -0.322 e. The zero-order chi connectivity index (χ0) is 19.3. The number of benzene rings is 2. The number of hydrogen-bond acceptors (Lipinski definition) is 4. The molecule has 0 saturated heterocycles. The number of anilines is 1. The van der Waals surface area contributed by atoms with Gasteiger partial charge in [0, 0.05) is 24.7 Å². The Kier molecular flexibility index (Phi) is 5.71. The van der Waals surface area contributed by atoms with Crippen molar-refractivity contribution in [2.45, 2.75) is 24.7 Å². The highest BCUT2D eigenvalue weighted by Gasteiger charge is 2.18. The highest BCUT2D eigenvalue weighted by molar-refractivity contribution is 7.90. The normalized spacial score (nSPS) is 14.2. The van der Waals surface area contributed by atoms with Crippen molar-refractivity contribution >= 4 is 33.5 Å². The maximum Gasteiger partial charge on any atom is 0.262 e. The van der Waals surface area contributed by atoms with Gasteiger partial charge < -0.3 is 5.32 Å². The third-order valence-electron chi connectivity index (χ3n) is 4.04. The van der Waals surface area contributed by atoms with Gasteiger partial charge in [0.05, 0.1) is 4.90 Å². The number of carbonyl (C=O) groups excluding carboxylic acids is 1. The van der Waals surface area contributed by atoms with Crippen molar-refractivity contribution in [2.24, 2.45) is 4.99 Å². The fraction of sp³-hybridized carbons (Fsp3) is 0.200. The number of carbonyl (C=O) groups is 1. The number of nitrogens with zero attached hydrogens (tertiary/aromatic N) is 1. The van der Waals surface area contributed by atoms with Gasteiger partial charge in [-0.2, -0.15) is 0 Å². The first-order chi connectivity index (χ1) is 12.9. The zero-order valence-corrected chi connectivity index (χ0v) is 15.8. The molecular weight excluding hydrogens is 362 g/mol. The number of amidine groups is 1. The molecule has 0 aromatic heterocycles. The Morgan fingerprint density at radius 1 is 1.15 bits per heavy atom. The molecule has 7 heteroatoms. The Hall–Kier alpha value is -2.93. The third kappa shape index (κ3) is 5.27. The second-order valence-corrected chi connectivity index (χ2v) is 7.98. The third-order valence-corrected chi connectivity index (χ3v) is 5.42. The van der Waals surface area contributed by atoms with Gasteiger partial charge in [-0.1, -0.05) is 35.9 Å².